The number of benzene rings is 1. The molecule has 0 heterocycles. The number of carbonyl (C=O) groups is 1. The van der Waals surface area contributed by atoms with Crippen molar-refractivity contribution in [3.05, 3.63) is 35.9 Å². The number of halogens is 2. The van der Waals surface area contributed by atoms with E-state index >= 15 is 0 Å². The molecule has 0 unspecified atom stereocenters. The van der Waals surface area contributed by atoms with Gasteiger partial charge in [0.15, 0.2) is 0 Å². The third-order valence-corrected chi connectivity index (χ3v) is 3.70. The van der Waals surface area contributed by atoms with E-state index in [-0.39, 0.29) is 12.2 Å². The summed E-state index contributed by atoms with van der Waals surface area (Å²) in [5.41, 5.74) is 0.455. The lowest BCUT2D eigenvalue weighted by molar-refractivity contribution is -0.121. The van der Waals surface area contributed by atoms with Gasteiger partial charge in [-0.25, -0.2) is 8.78 Å². The number of Topliss-reactive ketones (excluding diaryl/α,β-unsaturated/α-hetero) is 1. The summed E-state index contributed by atoms with van der Waals surface area (Å²) in [7, 11) is 0. The van der Waals surface area contributed by atoms with Gasteiger partial charge in [0.25, 0.3) is 0 Å². The summed E-state index contributed by atoms with van der Waals surface area (Å²) < 4.78 is 25.5. The molecule has 1 aliphatic carbocycles. The van der Waals surface area contributed by atoms with Gasteiger partial charge in [-0.3, -0.25) is 4.79 Å². The smallest absolute Gasteiger partial charge is 0.239 e. The predicted molar refractivity (Wildman–Crippen MR) is 62.2 cm³/mol. The largest absolute Gasteiger partial charge is 0.300 e. The maximum Gasteiger partial charge on any atom is 0.239 e. The molecule has 1 saturated carbocycles. The van der Waals surface area contributed by atoms with Gasteiger partial charge in [0.05, 0.1) is 0 Å². The Bertz CT molecular complexity index is 376. The normalized spacial score (nSPS) is 19.6. The molecule has 0 saturated heterocycles. The Morgan fingerprint density at radius 1 is 1.12 bits per heavy atom. The van der Waals surface area contributed by atoms with Crippen molar-refractivity contribution in [3.8, 4) is 0 Å². The van der Waals surface area contributed by atoms with E-state index in [0.717, 1.165) is 5.56 Å². The summed E-state index contributed by atoms with van der Waals surface area (Å²) in [6.45, 7) is 0. The Hall–Kier alpha value is -1.25. The van der Waals surface area contributed by atoms with Gasteiger partial charge < -0.3 is 0 Å². The Balaban J connectivity index is 2.27. The molecule has 0 aromatic heterocycles. The van der Waals surface area contributed by atoms with Crippen LogP contribution in [0.3, 0.4) is 0 Å². The van der Waals surface area contributed by atoms with Crippen molar-refractivity contribution in [1.82, 2.24) is 0 Å². The Morgan fingerprint density at radius 3 is 2.24 bits per heavy atom. The van der Waals surface area contributed by atoms with Crippen LogP contribution in [-0.4, -0.2) is 12.2 Å². The lowest BCUT2D eigenvalue weighted by Gasteiger charge is -2.37. The van der Waals surface area contributed by atoms with Gasteiger partial charge in [0.2, 0.25) is 6.43 Å². The molecule has 0 aliphatic heterocycles. The minimum atomic E-state index is -2.32. The average molecular weight is 238 g/mol. The lowest BCUT2D eigenvalue weighted by Crippen LogP contribution is -2.34. The zero-order valence-electron chi connectivity index (χ0n) is 9.66. The van der Waals surface area contributed by atoms with Gasteiger partial charge in [-0.2, -0.15) is 0 Å². The fourth-order valence-electron chi connectivity index (χ4n) is 2.71. The number of ketones is 1. The summed E-state index contributed by atoms with van der Waals surface area (Å²) >= 11 is 0. The van der Waals surface area contributed by atoms with Gasteiger partial charge in [-0.05, 0) is 18.4 Å². The standard InChI is InChI=1S/C14H16F2O/c15-13(16)10-14(8-6-12(17)7-9-14)11-4-2-1-3-5-11/h1-5,13H,6-10H2. The molecule has 0 spiro atoms. The van der Waals surface area contributed by atoms with Crippen LogP contribution in [-0.2, 0) is 10.2 Å². The highest BCUT2D eigenvalue weighted by molar-refractivity contribution is 5.79. The molecule has 92 valence electrons. The van der Waals surface area contributed by atoms with Gasteiger partial charge in [-0.1, -0.05) is 30.3 Å². The topological polar surface area (TPSA) is 17.1 Å². The number of alkyl halides is 2. The first-order valence-electron chi connectivity index (χ1n) is 5.98. The molecule has 1 nitrogen and oxygen atoms in total. The third kappa shape index (κ3) is 2.71. The molecule has 0 radical (unpaired) electrons. The van der Waals surface area contributed by atoms with Crippen molar-refractivity contribution in [2.75, 3.05) is 0 Å². The Labute approximate surface area is 99.8 Å². The fraction of sp³-hybridized carbons (Fsp3) is 0.500. The van der Waals surface area contributed by atoms with E-state index < -0.39 is 11.8 Å². The van der Waals surface area contributed by atoms with E-state index in [2.05, 4.69) is 0 Å². The van der Waals surface area contributed by atoms with E-state index in [0.29, 0.717) is 25.7 Å². The average Bonchev–Trinajstić information content (AvgIpc) is 2.33. The first kappa shape index (κ1) is 12.2. The molecule has 1 aromatic carbocycles. The van der Waals surface area contributed by atoms with Crippen LogP contribution in [0.4, 0.5) is 8.78 Å². The van der Waals surface area contributed by atoms with Gasteiger partial charge in [-0.15, -0.1) is 0 Å². The fourth-order valence-corrected chi connectivity index (χ4v) is 2.71. The van der Waals surface area contributed by atoms with E-state index in [9.17, 15) is 13.6 Å². The lowest BCUT2D eigenvalue weighted by atomic mass is 9.67. The molecular formula is C14H16F2O. The molecule has 1 aliphatic rings. The van der Waals surface area contributed by atoms with E-state index in [1.807, 2.05) is 30.3 Å². The predicted octanol–water partition coefficient (Wildman–Crippen LogP) is 3.72. The van der Waals surface area contributed by atoms with Crippen LogP contribution in [0.25, 0.3) is 0 Å². The highest BCUT2D eigenvalue weighted by Gasteiger charge is 2.38. The zero-order valence-corrected chi connectivity index (χ0v) is 9.66. The molecule has 0 atom stereocenters. The Morgan fingerprint density at radius 2 is 1.71 bits per heavy atom. The SMILES string of the molecule is O=C1CCC(CC(F)F)(c2ccccc2)CC1. The summed E-state index contributed by atoms with van der Waals surface area (Å²) in [6.07, 6.45) is -0.475. The van der Waals surface area contributed by atoms with Gasteiger partial charge in [0, 0.05) is 24.7 Å². The first-order chi connectivity index (χ1) is 8.12. The Kier molecular flexibility index (Phi) is 3.55. The molecule has 0 bridgehead atoms. The van der Waals surface area contributed by atoms with E-state index in [4.69, 9.17) is 0 Å². The van der Waals surface area contributed by atoms with Crippen LogP contribution in [0.5, 0.6) is 0 Å². The summed E-state index contributed by atoms with van der Waals surface area (Å²) in [5.74, 6) is 0.200. The van der Waals surface area contributed by atoms with Crippen LogP contribution in [0, 0.1) is 0 Å². The first-order valence-corrected chi connectivity index (χ1v) is 5.98. The van der Waals surface area contributed by atoms with E-state index in [1.165, 1.54) is 0 Å². The van der Waals surface area contributed by atoms with Crippen LogP contribution < -0.4 is 0 Å². The summed E-state index contributed by atoms with van der Waals surface area (Å²) in [6, 6.07) is 9.43. The quantitative estimate of drug-likeness (QED) is 0.784. The van der Waals surface area contributed by atoms with Crippen molar-refractivity contribution < 1.29 is 13.6 Å². The number of carbonyl (C=O) groups excluding carboxylic acids is 1. The number of hydrogen-bond donors (Lipinski definition) is 0. The highest BCUT2D eigenvalue weighted by Crippen LogP contribution is 2.42. The highest BCUT2D eigenvalue weighted by atomic mass is 19.3. The maximum absolute atomic E-state index is 12.8. The number of hydrogen-bond acceptors (Lipinski definition) is 1. The van der Waals surface area contributed by atoms with Crippen molar-refractivity contribution in [2.24, 2.45) is 0 Å². The molecule has 3 heteroatoms. The van der Waals surface area contributed by atoms with Crippen LogP contribution >= 0.6 is 0 Å². The minimum Gasteiger partial charge on any atom is -0.300 e. The van der Waals surface area contributed by atoms with Crippen LogP contribution in [0.15, 0.2) is 30.3 Å². The monoisotopic (exact) mass is 238 g/mol. The van der Waals surface area contributed by atoms with E-state index in [1.54, 1.807) is 0 Å². The second kappa shape index (κ2) is 4.94. The maximum atomic E-state index is 12.8. The third-order valence-electron chi connectivity index (χ3n) is 3.70. The van der Waals surface area contributed by atoms with Gasteiger partial charge >= 0.3 is 0 Å². The zero-order chi connectivity index (χ0) is 12.3. The molecule has 0 amide bonds. The van der Waals surface area contributed by atoms with Gasteiger partial charge in [0.1, 0.15) is 5.78 Å². The molecule has 2 rings (SSSR count). The van der Waals surface area contributed by atoms with Crippen molar-refractivity contribution >= 4 is 5.78 Å². The van der Waals surface area contributed by atoms with Crippen LogP contribution in [0.2, 0.25) is 0 Å². The van der Waals surface area contributed by atoms with Crippen molar-refractivity contribution in [1.29, 1.82) is 0 Å². The summed E-state index contributed by atoms with van der Waals surface area (Å²) in [4.78, 5) is 11.3. The van der Waals surface area contributed by atoms with Crippen molar-refractivity contribution in [3.63, 3.8) is 0 Å². The summed E-state index contributed by atoms with van der Waals surface area (Å²) in [5, 5.41) is 0. The molecule has 1 fully saturated rings. The molecular weight excluding hydrogens is 222 g/mol. The second-order valence-corrected chi connectivity index (χ2v) is 4.78. The van der Waals surface area contributed by atoms with Crippen molar-refractivity contribution in [2.45, 2.75) is 43.9 Å². The van der Waals surface area contributed by atoms with Crippen LogP contribution in [0.1, 0.15) is 37.7 Å². The molecule has 1 aromatic rings. The minimum absolute atomic E-state index is 0.135. The number of rotatable bonds is 3. The molecule has 17 heavy (non-hydrogen) atoms. The second-order valence-electron chi connectivity index (χ2n) is 4.78. The molecule has 0 N–H and O–H groups in total.